The van der Waals surface area contributed by atoms with E-state index in [4.69, 9.17) is 0 Å². The molecule has 0 fully saturated rings. The first-order chi connectivity index (χ1) is 7.19. The molecule has 0 unspecified atom stereocenters. The molecule has 1 aromatic carbocycles. The van der Waals surface area contributed by atoms with Crippen LogP contribution in [0.15, 0.2) is 24.3 Å². The molecule has 0 aromatic heterocycles. The molecule has 1 atom stereocenters. The van der Waals surface area contributed by atoms with E-state index in [9.17, 15) is 5.11 Å². The molecule has 2 heteroatoms. The van der Waals surface area contributed by atoms with Crippen LogP contribution in [0.1, 0.15) is 38.9 Å². The fraction of sp³-hybridized carbons (Fsp3) is 0.538. The standard InChI is InChI=1S/C13H21NO/c1-4-10-14(5-2)13-8-6-12(7-9-13)11(3)15/h6-9,11,15H,4-5,10H2,1-3H3/t11-/m0/s1. The minimum Gasteiger partial charge on any atom is -0.389 e. The van der Waals surface area contributed by atoms with Crippen LogP contribution in [-0.4, -0.2) is 18.2 Å². The summed E-state index contributed by atoms with van der Waals surface area (Å²) >= 11 is 0. The number of benzene rings is 1. The van der Waals surface area contributed by atoms with Gasteiger partial charge in [0.25, 0.3) is 0 Å². The van der Waals surface area contributed by atoms with Gasteiger partial charge in [-0.25, -0.2) is 0 Å². The molecule has 0 aliphatic rings. The van der Waals surface area contributed by atoms with Crippen LogP contribution in [0.3, 0.4) is 0 Å². The second kappa shape index (κ2) is 5.76. The molecule has 0 aliphatic heterocycles. The number of anilines is 1. The zero-order chi connectivity index (χ0) is 11.3. The van der Waals surface area contributed by atoms with Gasteiger partial charge in [-0.3, -0.25) is 0 Å². The van der Waals surface area contributed by atoms with Crippen molar-refractivity contribution >= 4 is 5.69 Å². The first kappa shape index (κ1) is 12.1. The van der Waals surface area contributed by atoms with Crippen LogP contribution in [0.25, 0.3) is 0 Å². The summed E-state index contributed by atoms with van der Waals surface area (Å²) in [5, 5.41) is 9.40. The van der Waals surface area contributed by atoms with Gasteiger partial charge >= 0.3 is 0 Å². The van der Waals surface area contributed by atoms with Gasteiger partial charge in [0.05, 0.1) is 6.10 Å². The summed E-state index contributed by atoms with van der Waals surface area (Å²) in [6, 6.07) is 8.17. The predicted octanol–water partition coefficient (Wildman–Crippen LogP) is 2.98. The molecule has 15 heavy (non-hydrogen) atoms. The molecule has 0 saturated heterocycles. The Morgan fingerprint density at radius 2 is 1.80 bits per heavy atom. The lowest BCUT2D eigenvalue weighted by atomic mass is 10.1. The van der Waals surface area contributed by atoms with Gasteiger partial charge in [0.15, 0.2) is 0 Å². The van der Waals surface area contributed by atoms with E-state index in [0.717, 1.165) is 25.1 Å². The van der Waals surface area contributed by atoms with Gasteiger partial charge in [0.2, 0.25) is 0 Å². The zero-order valence-corrected chi connectivity index (χ0v) is 9.90. The fourth-order valence-electron chi connectivity index (χ4n) is 1.70. The summed E-state index contributed by atoms with van der Waals surface area (Å²) in [7, 11) is 0. The second-order valence-electron chi connectivity index (χ2n) is 3.85. The number of rotatable bonds is 5. The van der Waals surface area contributed by atoms with Crippen LogP contribution in [0.5, 0.6) is 0 Å². The lowest BCUT2D eigenvalue weighted by Gasteiger charge is -2.22. The molecule has 0 aliphatic carbocycles. The summed E-state index contributed by atoms with van der Waals surface area (Å²) in [4.78, 5) is 2.34. The van der Waals surface area contributed by atoms with Crippen LogP contribution >= 0.6 is 0 Å². The highest BCUT2D eigenvalue weighted by Crippen LogP contribution is 2.19. The Hall–Kier alpha value is -1.02. The Balaban J connectivity index is 2.77. The summed E-state index contributed by atoms with van der Waals surface area (Å²) in [5.74, 6) is 0. The fourth-order valence-corrected chi connectivity index (χ4v) is 1.70. The molecule has 1 aromatic rings. The lowest BCUT2D eigenvalue weighted by Crippen LogP contribution is -2.23. The van der Waals surface area contributed by atoms with Gasteiger partial charge in [0.1, 0.15) is 0 Å². The van der Waals surface area contributed by atoms with Crippen molar-refractivity contribution < 1.29 is 5.11 Å². The van der Waals surface area contributed by atoms with Crippen molar-refractivity contribution in [2.75, 3.05) is 18.0 Å². The van der Waals surface area contributed by atoms with Gasteiger partial charge < -0.3 is 10.0 Å². The van der Waals surface area contributed by atoms with E-state index < -0.39 is 0 Å². The molecular weight excluding hydrogens is 186 g/mol. The number of aliphatic hydroxyl groups excluding tert-OH is 1. The Kier molecular flexibility index (Phi) is 4.63. The quantitative estimate of drug-likeness (QED) is 0.802. The minimum atomic E-state index is -0.375. The monoisotopic (exact) mass is 207 g/mol. The Morgan fingerprint density at radius 3 is 2.20 bits per heavy atom. The largest absolute Gasteiger partial charge is 0.389 e. The normalized spacial score (nSPS) is 12.5. The molecule has 2 nitrogen and oxygen atoms in total. The number of aliphatic hydroxyl groups is 1. The van der Waals surface area contributed by atoms with E-state index in [1.54, 1.807) is 6.92 Å². The maximum absolute atomic E-state index is 9.40. The molecule has 1 N–H and O–H groups in total. The molecule has 0 amide bonds. The maximum atomic E-state index is 9.40. The highest BCUT2D eigenvalue weighted by Gasteiger charge is 2.04. The smallest absolute Gasteiger partial charge is 0.0761 e. The number of hydrogen-bond acceptors (Lipinski definition) is 2. The average Bonchev–Trinajstić information content (AvgIpc) is 2.26. The van der Waals surface area contributed by atoms with Gasteiger partial charge in [-0.15, -0.1) is 0 Å². The predicted molar refractivity (Wildman–Crippen MR) is 65.3 cm³/mol. The highest BCUT2D eigenvalue weighted by atomic mass is 16.3. The molecule has 84 valence electrons. The van der Waals surface area contributed by atoms with Crippen LogP contribution in [-0.2, 0) is 0 Å². The number of nitrogens with zero attached hydrogens (tertiary/aromatic N) is 1. The van der Waals surface area contributed by atoms with E-state index in [1.165, 1.54) is 5.69 Å². The Labute approximate surface area is 92.5 Å². The van der Waals surface area contributed by atoms with Crippen LogP contribution in [0.2, 0.25) is 0 Å². The maximum Gasteiger partial charge on any atom is 0.0761 e. The van der Waals surface area contributed by atoms with Crippen molar-refractivity contribution in [3.63, 3.8) is 0 Å². The summed E-state index contributed by atoms with van der Waals surface area (Å²) in [6.45, 7) is 8.26. The van der Waals surface area contributed by atoms with Crippen molar-refractivity contribution in [3.05, 3.63) is 29.8 Å². The van der Waals surface area contributed by atoms with Crippen molar-refractivity contribution in [1.82, 2.24) is 0 Å². The van der Waals surface area contributed by atoms with Crippen LogP contribution < -0.4 is 4.90 Å². The molecule has 1 rings (SSSR count). The average molecular weight is 207 g/mol. The highest BCUT2D eigenvalue weighted by molar-refractivity contribution is 5.47. The molecule has 0 radical (unpaired) electrons. The molecule has 0 heterocycles. The Morgan fingerprint density at radius 1 is 1.20 bits per heavy atom. The third-order valence-electron chi connectivity index (χ3n) is 2.62. The molecule has 0 saturated carbocycles. The van der Waals surface area contributed by atoms with Crippen molar-refractivity contribution in [2.24, 2.45) is 0 Å². The van der Waals surface area contributed by atoms with E-state index in [-0.39, 0.29) is 6.10 Å². The molecule has 0 spiro atoms. The third-order valence-corrected chi connectivity index (χ3v) is 2.62. The molecular formula is C13H21NO. The van der Waals surface area contributed by atoms with Gasteiger partial charge in [0, 0.05) is 18.8 Å². The SMILES string of the molecule is CCCN(CC)c1ccc([C@H](C)O)cc1. The molecule has 0 bridgehead atoms. The van der Waals surface area contributed by atoms with Gasteiger partial charge in [-0.05, 0) is 38.0 Å². The van der Waals surface area contributed by atoms with E-state index in [2.05, 4.69) is 30.9 Å². The summed E-state index contributed by atoms with van der Waals surface area (Å²) in [5.41, 5.74) is 2.22. The first-order valence-electron chi connectivity index (χ1n) is 5.72. The van der Waals surface area contributed by atoms with Crippen LogP contribution in [0.4, 0.5) is 5.69 Å². The topological polar surface area (TPSA) is 23.5 Å². The van der Waals surface area contributed by atoms with Crippen molar-refractivity contribution in [1.29, 1.82) is 0 Å². The summed E-state index contributed by atoms with van der Waals surface area (Å²) in [6.07, 6.45) is 0.784. The van der Waals surface area contributed by atoms with E-state index in [1.807, 2.05) is 12.1 Å². The van der Waals surface area contributed by atoms with Crippen molar-refractivity contribution in [3.8, 4) is 0 Å². The zero-order valence-electron chi connectivity index (χ0n) is 9.90. The van der Waals surface area contributed by atoms with E-state index >= 15 is 0 Å². The van der Waals surface area contributed by atoms with Gasteiger partial charge in [-0.2, -0.15) is 0 Å². The Bertz CT molecular complexity index is 279. The van der Waals surface area contributed by atoms with E-state index in [0.29, 0.717) is 0 Å². The summed E-state index contributed by atoms with van der Waals surface area (Å²) < 4.78 is 0. The lowest BCUT2D eigenvalue weighted by molar-refractivity contribution is 0.199. The third kappa shape index (κ3) is 3.24. The number of hydrogen-bond donors (Lipinski definition) is 1. The van der Waals surface area contributed by atoms with Crippen molar-refractivity contribution in [2.45, 2.75) is 33.3 Å². The second-order valence-corrected chi connectivity index (χ2v) is 3.85. The first-order valence-corrected chi connectivity index (χ1v) is 5.72. The minimum absolute atomic E-state index is 0.375. The van der Waals surface area contributed by atoms with Crippen LogP contribution in [0, 0.1) is 0 Å². The van der Waals surface area contributed by atoms with Gasteiger partial charge in [-0.1, -0.05) is 19.1 Å².